The molecule has 9 rings (SSSR count). The molecule has 2 spiro atoms. The molecular formula is C36H34Ti. The quantitative estimate of drug-likeness (QED) is 0.205. The molecule has 1 aliphatic heterocycles. The van der Waals surface area contributed by atoms with Crippen molar-refractivity contribution in [1.82, 2.24) is 0 Å². The van der Waals surface area contributed by atoms with Crippen molar-refractivity contribution in [1.29, 1.82) is 0 Å². The second-order valence-corrected chi connectivity index (χ2v) is 21.0. The first-order chi connectivity index (χ1) is 17.9. The van der Waals surface area contributed by atoms with Gasteiger partial charge in [0.2, 0.25) is 0 Å². The molecule has 5 aliphatic rings. The fourth-order valence-corrected chi connectivity index (χ4v) is 20.0. The van der Waals surface area contributed by atoms with Crippen molar-refractivity contribution >= 4 is 33.7 Å². The van der Waals surface area contributed by atoms with E-state index in [1.807, 2.05) is 0 Å². The third-order valence-electron chi connectivity index (χ3n) is 12.1. The minimum absolute atomic E-state index is 0.270. The molecule has 1 fully saturated rings. The maximum atomic E-state index is 2.81. The molecule has 37 heavy (non-hydrogen) atoms. The van der Waals surface area contributed by atoms with Crippen LogP contribution in [0, 0.1) is 0 Å². The van der Waals surface area contributed by atoms with Crippen molar-refractivity contribution in [3.63, 3.8) is 0 Å². The molecule has 2 unspecified atom stereocenters. The molecule has 0 radical (unpaired) electrons. The van der Waals surface area contributed by atoms with Gasteiger partial charge in [-0.25, -0.2) is 0 Å². The van der Waals surface area contributed by atoms with Gasteiger partial charge < -0.3 is 0 Å². The molecule has 1 heterocycles. The Labute approximate surface area is 223 Å². The summed E-state index contributed by atoms with van der Waals surface area (Å²) in [6.45, 7) is 4.99. The van der Waals surface area contributed by atoms with E-state index in [4.69, 9.17) is 0 Å². The van der Waals surface area contributed by atoms with Crippen LogP contribution in [0.15, 0.2) is 59.7 Å². The van der Waals surface area contributed by atoms with E-state index in [1.165, 1.54) is 49.3 Å². The predicted octanol–water partition coefficient (Wildman–Crippen LogP) is 9.16. The van der Waals surface area contributed by atoms with E-state index < -0.39 is 16.6 Å². The van der Waals surface area contributed by atoms with E-state index in [9.17, 15) is 0 Å². The molecule has 0 amide bonds. The molecule has 4 aromatic rings. The van der Waals surface area contributed by atoms with E-state index in [0.29, 0.717) is 0 Å². The first-order valence-electron chi connectivity index (χ1n) is 14.4. The van der Waals surface area contributed by atoms with Gasteiger partial charge in [-0.3, -0.25) is 0 Å². The van der Waals surface area contributed by atoms with Crippen molar-refractivity contribution in [3.8, 4) is 0 Å². The van der Waals surface area contributed by atoms with E-state index in [0.717, 1.165) is 0 Å². The second kappa shape index (κ2) is 6.59. The van der Waals surface area contributed by atoms with Gasteiger partial charge in [-0.1, -0.05) is 0 Å². The van der Waals surface area contributed by atoms with E-state index in [-0.39, 0.29) is 7.44 Å². The van der Waals surface area contributed by atoms with Crippen LogP contribution in [0.4, 0.5) is 0 Å². The van der Waals surface area contributed by atoms with Gasteiger partial charge in [0.1, 0.15) is 0 Å². The molecule has 4 aromatic carbocycles. The molecule has 0 nitrogen and oxygen atoms in total. The van der Waals surface area contributed by atoms with E-state index in [2.05, 4.69) is 85.0 Å². The van der Waals surface area contributed by atoms with Crippen molar-refractivity contribution in [3.05, 3.63) is 104 Å². The fourth-order valence-electron chi connectivity index (χ4n) is 10.5. The summed E-state index contributed by atoms with van der Waals surface area (Å²) in [6, 6.07) is 19.6. The Bertz CT molecular complexity index is 1700. The summed E-state index contributed by atoms with van der Waals surface area (Å²) in [6.07, 6.45) is 12.8. The van der Waals surface area contributed by atoms with Crippen molar-refractivity contribution < 1.29 is 16.6 Å². The van der Waals surface area contributed by atoms with Gasteiger partial charge in [-0.05, 0) is 0 Å². The molecule has 2 atom stereocenters. The molecule has 1 saturated heterocycles. The van der Waals surface area contributed by atoms with Crippen molar-refractivity contribution in [2.24, 2.45) is 0 Å². The zero-order valence-electron chi connectivity index (χ0n) is 22.5. The van der Waals surface area contributed by atoms with Crippen LogP contribution in [0.2, 0.25) is 10.5 Å². The Morgan fingerprint density at radius 3 is 1.49 bits per heavy atom. The van der Waals surface area contributed by atoms with Gasteiger partial charge in [0.25, 0.3) is 0 Å². The summed E-state index contributed by atoms with van der Waals surface area (Å²) in [7, 11) is 0. The molecular weight excluding hydrogens is 480 g/mol. The Balaban J connectivity index is 1.33. The van der Waals surface area contributed by atoms with Crippen LogP contribution in [0.5, 0.6) is 0 Å². The summed E-state index contributed by atoms with van der Waals surface area (Å²) < 4.78 is 0.541. The first kappa shape index (κ1) is 21.5. The number of aryl methyl sites for hydroxylation is 4. The normalized spacial score (nSPS) is 27.6. The number of hydrogen-bond acceptors (Lipinski definition) is 0. The topological polar surface area (TPSA) is 0 Å². The third kappa shape index (κ3) is 2.16. The Hall–Kier alpha value is -2.41. The van der Waals surface area contributed by atoms with Crippen LogP contribution in [0.1, 0.15) is 71.2 Å². The van der Waals surface area contributed by atoms with Crippen LogP contribution in [-0.4, -0.2) is 0 Å². The molecule has 0 aromatic heterocycles. The first-order valence-corrected chi connectivity index (χ1v) is 19.1. The summed E-state index contributed by atoms with van der Waals surface area (Å²) in [5, 5.41) is 11.8. The monoisotopic (exact) mass is 514 g/mol. The molecule has 182 valence electrons. The molecule has 0 N–H and O–H groups in total. The standard InChI is InChI=1S/C34H28.2CH3.Ti/c1-19-15-29-27-7-3-5-21-9-11-23(33(21)27)17-31(29)25(19)13-14-26-20(2)16-30-28-8-4-6-22-10-12-24(34(22)28)18-32(26)30;;;/h3-8,15-18H,9-14H2,1-2H3;2*1H3;. The van der Waals surface area contributed by atoms with Gasteiger partial charge in [-0.15, -0.1) is 0 Å². The summed E-state index contributed by atoms with van der Waals surface area (Å²) in [4.78, 5) is 0. The average Bonchev–Trinajstić information content (AvgIpc) is 3.67. The van der Waals surface area contributed by atoms with Gasteiger partial charge in [0.15, 0.2) is 0 Å². The van der Waals surface area contributed by atoms with E-state index in [1.54, 1.807) is 66.4 Å². The maximum absolute atomic E-state index is 2.81. The number of rotatable bonds is 0. The summed E-state index contributed by atoms with van der Waals surface area (Å²) in [5.41, 5.74) is 16.3. The fraction of sp³-hybridized carbons (Fsp3) is 0.333. The molecule has 4 aliphatic carbocycles. The summed E-state index contributed by atoms with van der Waals surface area (Å²) in [5.74, 6) is 0. The van der Waals surface area contributed by atoms with E-state index >= 15 is 0 Å². The number of benzene rings is 4. The van der Waals surface area contributed by atoms with Crippen LogP contribution in [0.25, 0.3) is 33.7 Å². The van der Waals surface area contributed by atoms with Gasteiger partial charge in [0, 0.05) is 0 Å². The number of allylic oxidation sites excluding steroid dienone is 2. The van der Waals surface area contributed by atoms with Crippen LogP contribution in [-0.2, 0) is 49.7 Å². The SMILES string of the molecule is CC1=Cc2c(cc3c4c(cccc24)CC3)[C]12CC[C]1(C(C)=Cc3c1cc1c4c(cccc34)CC1)[Ti]2([CH3])[CH3]. The van der Waals surface area contributed by atoms with Crippen molar-refractivity contribution in [2.45, 2.75) is 70.3 Å². The van der Waals surface area contributed by atoms with Gasteiger partial charge in [-0.2, -0.15) is 0 Å². The predicted molar refractivity (Wildman–Crippen MR) is 154 cm³/mol. The number of fused-ring (bicyclic) bond motifs is 6. The zero-order valence-corrected chi connectivity index (χ0v) is 24.1. The van der Waals surface area contributed by atoms with Gasteiger partial charge in [0.05, 0.1) is 0 Å². The van der Waals surface area contributed by atoms with Crippen molar-refractivity contribution in [2.75, 3.05) is 0 Å². The Morgan fingerprint density at radius 2 is 1.03 bits per heavy atom. The van der Waals surface area contributed by atoms with Crippen LogP contribution < -0.4 is 0 Å². The Morgan fingerprint density at radius 1 is 0.595 bits per heavy atom. The zero-order chi connectivity index (χ0) is 24.9. The molecule has 1 heteroatoms. The third-order valence-corrected chi connectivity index (χ3v) is 21.6. The van der Waals surface area contributed by atoms with Gasteiger partial charge >= 0.3 is 225 Å². The van der Waals surface area contributed by atoms with Crippen LogP contribution in [0.3, 0.4) is 0 Å². The minimum atomic E-state index is -2.66. The molecule has 0 bridgehead atoms. The summed E-state index contributed by atoms with van der Waals surface area (Å²) >= 11 is -2.66. The average molecular weight is 515 g/mol. The van der Waals surface area contributed by atoms with Crippen LogP contribution >= 0.6 is 0 Å². The Kier molecular flexibility index (Phi) is 3.83. The number of hydrogen-bond donors (Lipinski definition) is 0. The molecule has 0 saturated carbocycles. The second-order valence-electron chi connectivity index (χ2n) is 13.3.